The smallest absolute Gasteiger partial charge is 0.379 e. The van der Waals surface area contributed by atoms with E-state index >= 15 is 0 Å². The van der Waals surface area contributed by atoms with Gasteiger partial charge in [-0.1, -0.05) is 29.8 Å². The Labute approximate surface area is 85.9 Å². The Balaban J connectivity index is 2.39. The van der Waals surface area contributed by atoms with Crippen LogP contribution in [0.25, 0.3) is 0 Å². The van der Waals surface area contributed by atoms with Crippen LogP contribution < -0.4 is 0 Å². The Morgan fingerprint density at radius 3 is 2.00 bits per heavy atom. The Morgan fingerprint density at radius 2 is 1.67 bits per heavy atom. The molecule has 0 N–H and O–H groups in total. The van der Waals surface area contributed by atoms with E-state index in [4.69, 9.17) is 4.74 Å². The summed E-state index contributed by atoms with van der Waals surface area (Å²) in [5, 5.41) is 0. The fraction of sp³-hybridized carbons (Fsp3) is 0.455. The first-order chi connectivity index (χ1) is 6.96. The van der Waals surface area contributed by atoms with Crippen LogP contribution in [0.3, 0.4) is 0 Å². The van der Waals surface area contributed by atoms with Crippen LogP contribution in [-0.4, -0.2) is 19.4 Å². The summed E-state index contributed by atoms with van der Waals surface area (Å²) in [6.07, 6.45) is -4.24. The maximum atomic E-state index is 12.9. The zero-order chi connectivity index (χ0) is 11.1. The highest BCUT2D eigenvalue weighted by Crippen LogP contribution is 2.46. The van der Waals surface area contributed by atoms with Crippen molar-refractivity contribution in [3.8, 4) is 0 Å². The maximum Gasteiger partial charge on any atom is 0.402 e. The van der Waals surface area contributed by atoms with Gasteiger partial charge in [-0.3, -0.25) is 0 Å². The first-order valence-corrected chi connectivity index (χ1v) is 4.67. The Kier molecular flexibility index (Phi) is 2.26. The van der Waals surface area contributed by atoms with Crippen LogP contribution in [-0.2, 0) is 10.2 Å². The summed E-state index contributed by atoms with van der Waals surface area (Å²) in [6, 6.07) is 6.46. The van der Waals surface area contributed by atoms with Gasteiger partial charge in [0.05, 0.1) is 13.2 Å². The van der Waals surface area contributed by atoms with E-state index in [1.54, 1.807) is 12.1 Å². The van der Waals surface area contributed by atoms with Crippen LogP contribution in [0.15, 0.2) is 24.3 Å². The van der Waals surface area contributed by atoms with Gasteiger partial charge in [0.1, 0.15) is 5.41 Å². The van der Waals surface area contributed by atoms with E-state index < -0.39 is 11.6 Å². The first-order valence-electron chi connectivity index (χ1n) is 4.67. The molecular formula is C11H11F3O. The summed E-state index contributed by atoms with van der Waals surface area (Å²) in [7, 11) is 0. The van der Waals surface area contributed by atoms with Crippen LogP contribution >= 0.6 is 0 Å². The molecule has 4 heteroatoms. The first kappa shape index (κ1) is 10.5. The van der Waals surface area contributed by atoms with Gasteiger partial charge in [0, 0.05) is 0 Å². The van der Waals surface area contributed by atoms with Crippen LogP contribution in [0.2, 0.25) is 0 Å². The number of halogens is 3. The lowest BCUT2D eigenvalue weighted by Crippen LogP contribution is -2.57. The van der Waals surface area contributed by atoms with Crippen molar-refractivity contribution >= 4 is 0 Å². The highest BCUT2D eigenvalue weighted by molar-refractivity contribution is 5.32. The summed E-state index contributed by atoms with van der Waals surface area (Å²) >= 11 is 0. The third kappa shape index (κ3) is 1.53. The number of hydrogen-bond acceptors (Lipinski definition) is 1. The highest BCUT2D eigenvalue weighted by atomic mass is 19.4. The molecule has 1 fully saturated rings. The summed E-state index contributed by atoms with van der Waals surface area (Å²) in [5.74, 6) is 0. The van der Waals surface area contributed by atoms with E-state index in [2.05, 4.69) is 0 Å². The lowest BCUT2D eigenvalue weighted by molar-refractivity contribution is -0.262. The largest absolute Gasteiger partial charge is 0.402 e. The second-order valence-electron chi connectivity index (χ2n) is 3.94. The molecule has 1 saturated heterocycles. The molecule has 0 spiro atoms. The zero-order valence-electron chi connectivity index (χ0n) is 8.27. The number of hydrogen-bond donors (Lipinski definition) is 0. The molecule has 2 rings (SSSR count). The molecular weight excluding hydrogens is 205 g/mol. The van der Waals surface area contributed by atoms with Crippen LogP contribution in [0.1, 0.15) is 11.1 Å². The Hall–Kier alpha value is -1.03. The fourth-order valence-electron chi connectivity index (χ4n) is 1.67. The minimum absolute atomic E-state index is 0.264. The molecule has 1 aliphatic rings. The summed E-state index contributed by atoms with van der Waals surface area (Å²) in [5.41, 5.74) is -0.524. The molecule has 0 amide bonds. The normalized spacial score (nSPS) is 19.7. The maximum absolute atomic E-state index is 12.9. The molecule has 1 aromatic carbocycles. The van der Waals surface area contributed by atoms with E-state index in [9.17, 15) is 13.2 Å². The predicted molar refractivity (Wildman–Crippen MR) is 49.7 cm³/mol. The van der Waals surface area contributed by atoms with Crippen molar-refractivity contribution in [3.05, 3.63) is 35.4 Å². The lowest BCUT2D eigenvalue weighted by Gasteiger charge is -2.43. The minimum Gasteiger partial charge on any atom is -0.379 e. The molecule has 0 aliphatic carbocycles. The van der Waals surface area contributed by atoms with Crippen molar-refractivity contribution < 1.29 is 17.9 Å². The van der Waals surface area contributed by atoms with E-state index in [0.717, 1.165) is 5.56 Å². The average molecular weight is 216 g/mol. The molecule has 0 radical (unpaired) electrons. The molecule has 1 heterocycles. The summed E-state index contributed by atoms with van der Waals surface area (Å²) < 4.78 is 43.3. The fourth-order valence-corrected chi connectivity index (χ4v) is 1.67. The Morgan fingerprint density at radius 1 is 1.13 bits per heavy atom. The standard InChI is InChI=1S/C11H11F3O/c1-8-2-4-9(5-3-8)10(6-15-7-10)11(12,13)14/h2-5H,6-7H2,1H3. The number of ether oxygens (including phenoxy) is 1. The molecule has 1 aliphatic heterocycles. The second-order valence-corrected chi connectivity index (χ2v) is 3.94. The van der Waals surface area contributed by atoms with E-state index in [1.807, 2.05) is 6.92 Å². The van der Waals surface area contributed by atoms with Gasteiger partial charge >= 0.3 is 6.18 Å². The van der Waals surface area contributed by atoms with Crippen molar-refractivity contribution in [2.75, 3.05) is 13.2 Å². The van der Waals surface area contributed by atoms with Crippen molar-refractivity contribution in [2.45, 2.75) is 18.5 Å². The molecule has 0 saturated carbocycles. The van der Waals surface area contributed by atoms with Gasteiger partial charge < -0.3 is 4.74 Å². The van der Waals surface area contributed by atoms with Gasteiger partial charge in [0.2, 0.25) is 0 Å². The molecule has 0 unspecified atom stereocenters. The third-order valence-corrected chi connectivity index (χ3v) is 2.84. The average Bonchev–Trinajstić information content (AvgIpc) is 2.03. The van der Waals surface area contributed by atoms with Crippen molar-refractivity contribution in [3.63, 3.8) is 0 Å². The van der Waals surface area contributed by atoms with Crippen molar-refractivity contribution in [1.82, 2.24) is 0 Å². The number of benzene rings is 1. The van der Waals surface area contributed by atoms with Gasteiger partial charge in [0.15, 0.2) is 0 Å². The zero-order valence-corrected chi connectivity index (χ0v) is 8.27. The highest BCUT2D eigenvalue weighted by Gasteiger charge is 2.60. The van der Waals surface area contributed by atoms with Gasteiger partial charge in [-0.15, -0.1) is 0 Å². The molecule has 15 heavy (non-hydrogen) atoms. The molecule has 1 nitrogen and oxygen atoms in total. The van der Waals surface area contributed by atoms with Gasteiger partial charge in [-0.25, -0.2) is 0 Å². The van der Waals surface area contributed by atoms with Crippen molar-refractivity contribution in [1.29, 1.82) is 0 Å². The topological polar surface area (TPSA) is 9.23 Å². The quantitative estimate of drug-likeness (QED) is 0.701. The second kappa shape index (κ2) is 3.23. The number of aryl methyl sites for hydroxylation is 1. The molecule has 0 atom stereocenters. The molecule has 82 valence electrons. The third-order valence-electron chi connectivity index (χ3n) is 2.84. The minimum atomic E-state index is -4.24. The molecule has 0 aromatic heterocycles. The Bertz CT molecular complexity index is 349. The summed E-state index contributed by atoms with van der Waals surface area (Å²) in [4.78, 5) is 0. The van der Waals surface area contributed by atoms with Crippen LogP contribution in [0.4, 0.5) is 13.2 Å². The lowest BCUT2D eigenvalue weighted by atomic mass is 9.78. The van der Waals surface area contributed by atoms with E-state index in [0.29, 0.717) is 5.56 Å². The summed E-state index contributed by atoms with van der Waals surface area (Å²) in [6.45, 7) is 1.32. The van der Waals surface area contributed by atoms with Gasteiger partial charge in [0.25, 0.3) is 0 Å². The monoisotopic (exact) mass is 216 g/mol. The van der Waals surface area contributed by atoms with Crippen LogP contribution in [0, 0.1) is 6.92 Å². The number of alkyl halides is 3. The van der Waals surface area contributed by atoms with E-state index in [-0.39, 0.29) is 13.2 Å². The SMILES string of the molecule is Cc1ccc(C2(C(F)(F)F)COC2)cc1. The predicted octanol–water partition coefficient (Wildman–Crippen LogP) is 2.83. The molecule has 0 bridgehead atoms. The van der Waals surface area contributed by atoms with Crippen LogP contribution in [0.5, 0.6) is 0 Å². The van der Waals surface area contributed by atoms with Gasteiger partial charge in [-0.2, -0.15) is 13.2 Å². The van der Waals surface area contributed by atoms with Gasteiger partial charge in [-0.05, 0) is 12.5 Å². The van der Waals surface area contributed by atoms with Crippen molar-refractivity contribution in [2.24, 2.45) is 0 Å². The number of rotatable bonds is 1. The molecule has 1 aromatic rings. The van der Waals surface area contributed by atoms with E-state index in [1.165, 1.54) is 12.1 Å².